The third-order valence-electron chi connectivity index (χ3n) is 1.49. The maximum atomic E-state index is 10.6. The molecule has 0 aromatic heterocycles. The Bertz CT molecular complexity index is 402. The molecular weight excluding hydrogens is 160 g/mol. The molecule has 0 unspecified atom stereocenters. The van der Waals surface area contributed by atoms with E-state index in [1.807, 2.05) is 0 Å². The van der Waals surface area contributed by atoms with Crippen LogP contribution in [0.4, 0.5) is 0 Å². The summed E-state index contributed by atoms with van der Waals surface area (Å²) in [6.45, 7) is -2.21. The largest absolute Gasteiger partial charge is 0.478 e. The highest BCUT2D eigenvalue weighted by Gasteiger charge is 2.15. The average Bonchev–Trinajstić information content (AvgIpc) is 2.36. The van der Waals surface area contributed by atoms with Gasteiger partial charge in [-0.05, 0) is 18.2 Å². The topological polar surface area (TPSA) is 55.8 Å². The minimum Gasteiger partial charge on any atom is -0.478 e. The zero-order chi connectivity index (χ0) is 10.3. The molecule has 0 fully saturated rings. The molecule has 4 heteroatoms. The van der Waals surface area contributed by atoms with Gasteiger partial charge in [-0.3, -0.25) is 0 Å². The second-order valence-corrected chi connectivity index (χ2v) is 2.25. The second-order valence-electron chi connectivity index (χ2n) is 2.25. The fourth-order valence-electron chi connectivity index (χ4n) is 0.916. The van der Waals surface area contributed by atoms with Crippen molar-refractivity contribution in [2.45, 2.75) is 0 Å². The minimum absolute atomic E-state index is 0.0325. The first kappa shape index (κ1) is 5.03. The highest BCUT2D eigenvalue weighted by atomic mass is 16.7. The number of ether oxygens (including phenoxy) is 2. The molecule has 0 radical (unpaired) electrons. The van der Waals surface area contributed by atoms with E-state index in [4.69, 9.17) is 17.3 Å². The van der Waals surface area contributed by atoms with Gasteiger partial charge in [-0.15, -0.1) is 0 Å². The van der Waals surface area contributed by atoms with Gasteiger partial charge < -0.3 is 14.6 Å². The molecule has 0 bridgehead atoms. The van der Waals surface area contributed by atoms with E-state index < -0.39 is 12.7 Å². The van der Waals surface area contributed by atoms with Gasteiger partial charge >= 0.3 is 5.97 Å². The highest BCUT2D eigenvalue weighted by Crippen LogP contribution is 2.32. The van der Waals surface area contributed by atoms with Crippen LogP contribution in [0.5, 0.6) is 11.5 Å². The van der Waals surface area contributed by atoms with E-state index in [1.54, 1.807) is 0 Å². The first-order valence-corrected chi connectivity index (χ1v) is 3.23. The van der Waals surface area contributed by atoms with E-state index in [0.717, 1.165) is 0 Å². The Morgan fingerprint density at radius 2 is 2.25 bits per heavy atom. The number of carbonyl (C=O) groups is 1. The lowest BCUT2D eigenvalue weighted by Crippen LogP contribution is -1.95. The molecule has 1 aromatic carbocycles. The Morgan fingerprint density at radius 3 is 3.00 bits per heavy atom. The molecule has 0 aliphatic carbocycles. The van der Waals surface area contributed by atoms with Crippen LogP contribution >= 0.6 is 0 Å². The van der Waals surface area contributed by atoms with E-state index in [-0.39, 0.29) is 17.1 Å². The molecule has 0 saturated heterocycles. The molecule has 1 aliphatic heterocycles. The van der Waals surface area contributed by atoms with Gasteiger partial charge in [-0.1, -0.05) is 0 Å². The molecule has 0 amide bonds. The minimum atomic E-state index is -2.21. The summed E-state index contributed by atoms with van der Waals surface area (Å²) in [4.78, 5) is 10.6. The molecule has 1 aliphatic rings. The van der Waals surface area contributed by atoms with Crippen molar-refractivity contribution < 1.29 is 22.1 Å². The van der Waals surface area contributed by atoms with Crippen LogP contribution in [-0.4, -0.2) is 17.8 Å². The Morgan fingerprint density at radius 1 is 1.50 bits per heavy atom. The number of hydrogen-bond donors (Lipinski definition) is 1. The predicted octanol–water partition coefficient (Wildman–Crippen LogP) is 1.11. The molecule has 0 saturated carbocycles. The summed E-state index contributed by atoms with van der Waals surface area (Å²) < 4.78 is 23.7. The first-order chi connectivity index (χ1) is 6.48. The van der Waals surface area contributed by atoms with Gasteiger partial charge in [-0.2, -0.15) is 0 Å². The van der Waals surface area contributed by atoms with E-state index >= 15 is 0 Å². The maximum Gasteiger partial charge on any atom is 0.335 e. The molecule has 1 N–H and O–H groups in total. The Labute approximate surface area is 71.1 Å². The van der Waals surface area contributed by atoms with Crippen LogP contribution in [-0.2, 0) is 0 Å². The van der Waals surface area contributed by atoms with Crippen molar-refractivity contribution in [3.8, 4) is 11.5 Å². The fraction of sp³-hybridized carbons (Fsp3) is 0.125. The number of carboxylic acids is 1. The van der Waals surface area contributed by atoms with Crippen molar-refractivity contribution in [3.63, 3.8) is 0 Å². The number of rotatable bonds is 1. The molecule has 1 aromatic rings. The fourth-order valence-corrected chi connectivity index (χ4v) is 0.916. The summed E-state index contributed by atoms with van der Waals surface area (Å²) in [7, 11) is 0. The lowest BCUT2D eigenvalue weighted by molar-refractivity contribution is 0.0696. The number of fused-ring (bicyclic) bond motifs is 1. The van der Waals surface area contributed by atoms with E-state index in [2.05, 4.69) is 0 Å². The standard InChI is InChI=1S/C8H6O4/c9-8(10)5-1-2-6-7(3-5)12-4-11-6/h1-3H,4H2,(H,9,10)/i4D2. The van der Waals surface area contributed by atoms with Crippen LogP contribution in [0.3, 0.4) is 0 Å². The SMILES string of the molecule is [2H]C1([2H])Oc2ccc(C(=O)O)cc2O1. The smallest absolute Gasteiger partial charge is 0.335 e. The van der Waals surface area contributed by atoms with Gasteiger partial charge in [0.25, 0.3) is 0 Å². The van der Waals surface area contributed by atoms with Crippen molar-refractivity contribution in [2.75, 3.05) is 6.75 Å². The van der Waals surface area contributed by atoms with E-state index in [9.17, 15) is 4.79 Å². The average molecular weight is 168 g/mol. The van der Waals surface area contributed by atoms with Crippen LogP contribution in [0.2, 0.25) is 0 Å². The van der Waals surface area contributed by atoms with Crippen molar-refractivity contribution in [3.05, 3.63) is 23.8 Å². The Hall–Kier alpha value is -1.71. The lowest BCUT2D eigenvalue weighted by atomic mass is 10.2. The van der Waals surface area contributed by atoms with Gasteiger partial charge in [0.2, 0.25) is 6.75 Å². The summed E-state index contributed by atoms with van der Waals surface area (Å²) in [5, 5.41) is 8.66. The molecule has 0 spiro atoms. The molecule has 12 heavy (non-hydrogen) atoms. The van der Waals surface area contributed by atoms with Crippen LogP contribution in [0.1, 0.15) is 13.1 Å². The molecule has 0 atom stereocenters. The van der Waals surface area contributed by atoms with Gasteiger partial charge in [0.1, 0.15) is 2.74 Å². The van der Waals surface area contributed by atoms with Gasteiger partial charge in [0, 0.05) is 0 Å². The molecule has 4 nitrogen and oxygen atoms in total. The van der Waals surface area contributed by atoms with Crippen LogP contribution in [0.15, 0.2) is 18.2 Å². The van der Waals surface area contributed by atoms with Crippen LogP contribution < -0.4 is 9.47 Å². The van der Waals surface area contributed by atoms with Crippen molar-refractivity contribution >= 4 is 5.97 Å². The van der Waals surface area contributed by atoms with Gasteiger partial charge in [0.05, 0.1) is 5.56 Å². The lowest BCUT2D eigenvalue weighted by Gasteiger charge is -1.96. The maximum absolute atomic E-state index is 10.6. The van der Waals surface area contributed by atoms with Crippen LogP contribution in [0.25, 0.3) is 0 Å². The summed E-state index contributed by atoms with van der Waals surface area (Å²) >= 11 is 0. The Balaban J connectivity index is 2.40. The normalized spacial score (nSPS) is 19.7. The molecule has 62 valence electrons. The zero-order valence-corrected chi connectivity index (χ0v) is 5.90. The number of aromatic carboxylic acids is 1. The quantitative estimate of drug-likeness (QED) is 0.682. The number of carboxylic acid groups (broad SMARTS) is 1. The predicted molar refractivity (Wildman–Crippen MR) is 39.5 cm³/mol. The number of hydrogen-bond acceptors (Lipinski definition) is 3. The zero-order valence-electron chi connectivity index (χ0n) is 7.90. The van der Waals surface area contributed by atoms with Crippen molar-refractivity contribution in [1.82, 2.24) is 0 Å². The summed E-state index contributed by atoms with van der Waals surface area (Å²) in [5.74, 6) is -0.779. The molecule has 2 rings (SSSR count). The van der Waals surface area contributed by atoms with E-state index in [1.165, 1.54) is 18.2 Å². The van der Waals surface area contributed by atoms with Crippen molar-refractivity contribution in [2.24, 2.45) is 0 Å². The van der Waals surface area contributed by atoms with Crippen LogP contribution in [0, 0.1) is 0 Å². The van der Waals surface area contributed by atoms with Gasteiger partial charge in [-0.25, -0.2) is 4.79 Å². The summed E-state index contributed by atoms with van der Waals surface area (Å²) in [6.07, 6.45) is 0. The number of benzene rings is 1. The Kier molecular flexibility index (Phi) is 1.01. The molecule has 1 heterocycles. The van der Waals surface area contributed by atoms with Gasteiger partial charge in [0.15, 0.2) is 11.5 Å². The summed E-state index contributed by atoms with van der Waals surface area (Å²) in [5.41, 5.74) is 0.0325. The third-order valence-corrected chi connectivity index (χ3v) is 1.49. The summed E-state index contributed by atoms with van der Waals surface area (Å²) in [6, 6.07) is 3.91. The molecular formula is C8H6O4. The third kappa shape index (κ3) is 0.972. The van der Waals surface area contributed by atoms with Crippen molar-refractivity contribution in [1.29, 1.82) is 0 Å². The highest BCUT2D eigenvalue weighted by molar-refractivity contribution is 5.88. The monoisotopic (exact) mass is 168 g/mol. The first-order valence-electron chi connectivity index (χ1n) is 4.23. The van der Waals surface area contributed by atoms with E-state index in [0.29, 0.717) is 0 Å². The second kappa shape index (κ2) is 2.41.